The van der Waals surface area contributed by atoms with E-state index in [0.717, 1.165) is 24.6 Å². The molecule has 1 aliphatic rings. The normalized spacial score (nSPS) is 21.8. The lowest BCUT2D eigenvalue weighted by Gasteiger charge is -2.06. The summed E-state index contributed by atoms with van der Waals surface area (Å²) >= 11 is 0. The molecule has 1 heterocycles. The van der Waals surface area contributed by atoms with E-state index in [1.54, 1.807) is 0 Å². The van der Waals surface area contributed by atoms with Crippen LogP contribution < -0.4 is 5.32 Å². The van der Waals surface area contributed by atoms with E-state index >= 15 is 0 Å². The Morgan fingerprint density at radius 3 is 3.08 bits per heavy atom. The lowest BCUT2D eigenvalue weighted by atomic mass is 10.2. The molecule has 0 aromatic rings. The molecule has 0 aliphatic carbocycles. The second-order valence-corrected chi connectivity index (χ2v) is 6.01. The van der Waals surface area contributed by atoms with Crippen molar-refractivity contribution in [3.8, 4) is 0 Å². The fourth-order valence-corrected chi connectivity index (χ4v) is 4.19. The Morgan fingerprint density at radius 2 is 2.46 bits per heavy atom. The van der Waals surface area contributed by atoms with Gasteiger partial charge in [-0.05, 0) is 19.3 Å². The number of nitrogens with one attached hydrogen (secondary N) is 1. The summed E-state index contributed by atoms with van der Waals surface area (Å²) in [5.74, 6) is 1.48. The van der Waals surface area contributed by atoms with E-state index in [4.69, 9.17) is 0 Å². The van der Waals surface area contributed by atoms with Gasteiger partial charge in [-0.1, -0.05) is 28.5 Å². The zero-order valence-electron chi connectivity index (χ0n) is 8.04. The van der Waals surface area contributed by atoms with Crippen molar-refractivity contribution in [3.63, 3.8) is 0 Å². The predicted molar refractivity (Wildman–Crippen MR) is 61.0 cm³/mol. The second kappa shape index (κ2) is 6.60. The molecule has 1 fully saturated rings. The van der Waals surface area contributed by atoms with Gasteiger partial charge in [0.25, 0.3) is 0 Å². The van der Waals surface area contributed by atoms with Gasteiger partial charge in [0.1, 0.15) is 0 Å². The van der Waals surface area contributed by atoms with Crippen molar-refractivity contribution in [2.24, 2.45) is 0 Å². The van der Waals surface area contributed by atoms with E-state index in [1.165, 1.54) is 12.2 Å². The minimum Gasteiger partial charge on any atom is -0.356 e. The Labute approximate surface area is 88.0 Å². The minimum atomic E-state index is 0.222. The fraction of sp³-hybridized carbons (Fsp3) is 0.889. The van der Waals surface area contributed by atoms with Crippen molar-refractivity contribution >= 4 is 27.5 Å². The van der Waals surface area contributed by atoms with Crippen LogP contribution in [-0.2, 0) is 4.79 Å². The van der Waals surface area contributed by atoms with Crippen LogP contribution in [0.15, 0.2) is 0 Å². The molecule has 0 bridgehead atoms. The van der Waals surface area contributed by atoms with Gasteiger partial charge in [-0.2, -0.15) is 0 Å². The number of rotatable bonds is 5. The molecule has 0 saturated carbocycles. The largest absolute Gasteiger partial charge is 0.356 e. The summed E-state index contributed by atoms with van der Waals surface area (Å²) in [6, 6.07) is 0. The maximum atomic E-state index is 11.2. The third-order valence-corrected chi connectivity index (χ3v) is 5.00. The van der Waals surface area contributed by atoms with Gasteiger partial charge >= 0.3 is 0 Å². The van der Waals surface area contributed by atoms with Crippen molar-refractivity contribution in [2.75, 3.05) is 12.3 Å². The number of amides is 1. The maximum absolute atomic E-state index is 11.2. The van der Waals surface area contributed by atoms with Crippen LogP contribution in [0.5, 0.6) is 0 Å². The second-order valence-electron chi connectivity index (χ2n) is 3.22. The first kappa shape index (κ1) is 11.2. The highest BCUT2D eigenvalue weighted by Crippen LogP contribution is 2.39. The molecule has 1 rings (SSSR count). The fourth-order valence-electron chi connectivity index (χ4n) is 1.21. The van der Waals surface area contributed by atoms with Crippen LogP contribution in [0.4, 0.5) is 0 Å². The quantitative estimate of drug-likeness (QED) is 0.720. The molecule has 0 spiro atoms. The van der Waals surface area contributed by atoms with E-state index in [2.05, 4.69) is 12.2 Å². The Balaban J connectivity index is 2.00. The summed E-state index contributed by atoms with van der Waals surface area (Å²) in [4.78, 5) is 11.2. The molecule has 1 unspecified atom stereocenters. The molecule has 1 aliphatic heterocycles. The van der Waals surface area contributed by atoms with Gasteiger partial charge in [0.2, 0.25) is 5.91 Å². The summed E-state index contributed by atoms with van der Waals surface area (Å²) in [5, 5.41) is 3.62. The third kappa shape index (κ3) is 4.81. The number of carbonyl (C=O) groups excluding carboxylic acids is 1. The zero-order chi connectivity index (χ0) is 9.52. The van der Waals surface area contributed by atoms with Gasteiger partial charge in [-0.25, -0.2) is 0 Å². The Kier molecular flexibility index (Phi) is 5.71. The van der Waals surface area contributed by atoms with E-state index in [0.29, 0.717) is 6.42 Å². The van der Waals surface area contributed by atoms with Gasteiger partial charge in [0.15, 0.2) is 0 Å². The Bertz CT molecular complexity index is 158. The van der Waals surface area contributed by atoms with E-state index in [-0.39, 0.29) is 5.91 Å². The van der Waals surface area contributed by atoms with Crippen LogP contribution in [0, 0.1) is 0 Å². The molecule has 76 valence electrons. The van der Waals surface area contributed by atoms with Crippen LogP contribution >= 0.6 is 21.6 Å². The van der Waals surface area contributed by atoms with E-state index in [1.807, 2.05) is 21.6 Å². The smallest absolute Gasteiger partial charge is 0.220 e. The van der Waals surface area contributed by atoms with Crippen molar-refractivity contribution in [1.82, 2.24) is 5.32 Å². The zero-order valence-corrected chi connectivity index (χ0v) is 9.68. The molecular weight excluding hydrogens is 202 g/mol. The van der Waals surface area contributed by atoms with E-state index < -0.39 is 0 Å². The monoisotopic (exact) mass is 219 g/mol. The van der Waals surface area contributed by atoms with Gasteiger partial charge in [-0.15, -0.1) is 0 Å². The summed E-state index contributed by atoms with van der Waals surface area (Å²) in [6.07, 6.45) is 4.06. The lowest BCUT2D eigenvalue weighted by molar-refractivity contribution is -0.121. The molecule has 2 nitrogen and oxygen atoms in total. The first-order valence-corrected chi connectivity index (χ1v) is 7.26. The molecule has 1 atom stereocenters. The topological polar surface area (TPSA) is 29.1 Å². The Morgan fingerprint density at radius 1 is 1.62 bits per heavy atom. The van der Waals surface area contributed by atoms with Crippen LogP contribution in [0.2, 0.25) is 0 Å². The average Bonchev–Trinajstić information content (AvgIpc) is 2.64. The van der Waals surface area contributed by atoms with Crippen LogP contribution in [0.1, 0.15) is 32.6 Å². The van der Waals surface area contributed by atoms with Crippen molar-refractivity contribution in [2.45, 2.75) is 37.9 Å². The molecule has 1 N–H and O–H groups in total. The van der Waals surface area contributed by atoms with Gasteiger partial charge in [0.05, 0.1) is 0 Å². The summed E-state index contributed by atoms with van der Waals surface area (Å²) < 4.78 is 0. The van der Waals surface area contributed by atoms with Gasteiger partial charge in [0, 0.05) is 24.0 Å². The van der Waals surface area contributed by atoms with Crippen LogP contribution in [0.3, 0.4) is 0 Å². The summed E-state index contributed by atoms with van der Waals surface area (Å²) in [7, 11) is 3.88. The highest BCUT2D eigenvalue weighted by atomic mass is 33.1. The lowest BCUT2D eigenvalue weighted by Crippen LogP contribution is -2.24. The van der Waals surface area contributed by atoms with Gasteiger partial charge < -0.3 is 5.32 Å². The van der Waals surface area contributed by atoms with Crippen molar-refractivity contribution in [3.05, 3.63) is 0 Å². The van der Waals surface area contributed by atoms with Crippen molar-refractivity contribution in [1.29, 1.82) is 0 Å². The molecule has 0 aromatic heterocycles. The Hall–Kier alpha value is 0.170. The molecule has 0 aromatic carbocycles. The predicted octanol–water partition coefficient (Wildman–Crippen LogP) is 2.45. The molecule has 1 amide bonds. The SMILES string of the molecule is CCCNC(=O)CCC1CCSS1. The molecule has 0 radical (unpaired) electrons. The summed E-state index contributed by atoms with van der Waals surface area (Å²) in [6.45, 7) is 2.90. The highest BCUT2D eigenvalue weighted by Gasteiger charge is 2.17. The molecule has 1 saturated heterocycles. The number of hydrogen-bond donors (Lipinski definition) is 1. The number of hydrogen-bond acceptors (Lipinski definition) is 3. The molecule has 13 heavy (non-hydrogen) atoms. The summed E-state index contributed by atoms with van der Waals surface area (Å²) in [5.41, 5.74) is 0. The van der Waals surface area contributed by atoms with Gasteiger partial charge in [-0.3, -0.25) is 4.79 Å². The first-order valence-electron chi connectivity index (χ1n) is 4.88. The average molecular weight is 219 g/mol. The van der Waals surface area contributed by atoms with E-state index in [9.17, 15) is 4.79 Å². The third-order valence-electron chi connectivity index (χ3n) is 1.99. The van der Waals surface area contributed by atoms with Crippen molar-refractivity contribution < 1.29 is 4.79 Å². The van der Waals surface area contributed by atoms with Crippen LogP contribution in [0.25, 0.3) is 0 Å². The first-order chi connectivity index (χ1) is 6.33. The standard InChI is InChI=1S/C9H17NOS2/c1-2-6-10-9(11)4-3-8-5-7-12-13-8/h8H,2-7H2,1H3,(H,10,11). The highest BCUT2D eigenvalue weighted by molar-refractivity contribution is 8.77. The molecular formula is C9H17NOS2. The minimum absolute atomic E-state index is 0.222. The van der Waals surface area contributed by atoms with Crippen LogP contribution in [-0.4, -0.2) is 23.5 Å². The number of carbonyl (C=O) groups is 1. The maximum Gasteiger partial charge on any atom is 0.220 e. The molecule has 4 heteroatoms.